The Bertz CT molecular complexity index is 582. The van der Waals surface area contributed by atoms with E-state index in [0.29, 0.717) is 5.89 Å². The molecule has 0 saturated carbocycles. The average molecular weight is 259 g/mol. The number of hydrogen-bond donors (Lipinski definition) is 1. The maximum atomic E-state index is 12.0. The van der Waals surface area contributed by atoms with Crippen LogP contribution in [0, 0.1) is 13.8 Å². The Morgan fingerprint density at radius 3 is 2.32 bits per heavy atom. The van der Waals surface area contributed by atoms with E-state index in [-0.39, 0.29) is 17.7 Å². The molecule has 2 rings (SSSR count). The van der Waals surface area contributed by atoms with Crippen LogP contribution in [0.15, 0.2) is 22.6 Å². The van der Waals surface area contributed by atoms with Gasteiger partial charge in [-0.05, 0) is 37.1 Å². The molecule has 0 spiro atoms. The second-order valence-electron chi connectivity index (χ2n) is 4.93. The molecule has 0 radical (unpaired) electrons. The van der Waals surface area contributed by atoms with E-state index in [1.54, 1.807) is 0 Å². The molecule has 0 unspecified atom stereocenters. The molecule has 100 valence electrons. The van der Waals surface area contributed by atoms with Crippen molar-refractivity contribution in [1.29, 1.82) is 0 Å². The summed E-state index contributed by atoms with van der Waals surface area (Å²) in [5.74, 6) is 0.174. The molecule has 1 heterocycles. The van der Waals surface area contributed by atoms with Crippen LogP contribution in [0.3, 0.4) is 0 Å². The lowest BCUT2D eigenvalue weighted by atomic mass is 10.1. The molecule has 1 aromatic carbocycles. The van der Waals surface area contributed by atoms with Gasteiger partial charge in [0.15, 0.2) is 0 Å². The van der Waals surface area contributed by atoms with Gasteiger partial charge in [-0.3, -0.25) is 4.79 Å². The standard InChI is InChI=1S/C14H17N3O2/c1-8(2)13-16-17-14(19-13)12(18)15-11-6-9(3)5-10(4)7-11/h5-8H,1-4H3,(H,15,18). The summed E-state index contributed by atoms with van der Waals surface area (Å²) in [6, 6.07) is 5.83. The molecular formula is C14H17N3O2. The van der Waals surface area contributed by atoms with E-state index >= 15 is 0 Å². The molecule has 1 amide bonds. The summed E-state index contributed by atoms with van der Waals surface area (Å²) in [5, 5.41) is 10.3. The Kier molecular flexibility index (Phi) is 3.64. The zero-order chi connectivity index (χ0) is 14.0. The second kappa shape index (κ2) is 5.22. The van der Waals surface area contributed by atoms with Gasteiger partial charge >= 0.3 is 11.8 Å². The molecule has 5 heteroatoms. The fourth-order valence-electron chi connectivity index (χ4n) is 1.79. The van der Waals surface area contributed by atoms with Crippen LogP contribution in [0.2, 0.25) is 0 Å². The lowest BCUT2D eigenvalue weighted by Gasteiger charge is -2.05. The summed E-state index contributed by atoms with van der Waals surface area (Å²) in [5.41, 5.74) is 2.90. The van der Waals surface area contributed by atoms with Crippen molar-refractivity contribution in [3.63, 3.8) is 0 Å². The van der Waals surface area contributed by atoms with Crippen LogP contribution in [-0.4, -0.2) is 16.1 Å². The minimum absolute atomic E-state index is 0.0112. The number of aryl methyl sites for hydroxylation is 2. The summed E-state index contributed by atoms with van der Waals surface area (Å²) in [6.07, 6.45) is 0. The molecule has 1 aromatic heterocycles. The Hall–Kier alpha value is -2.17. The summed E-state index contributed by atoms with van der Waals surface area (Å²) >= 11 is 0. The van der Waals surface area contributed by atoms with Crippen LogP contribution < -0.4 is 5.32 Å². The van der Waals surface area contributed by atoms with Crippen LogP contribution in [0.25, 0.3) is 0 Å². The lowest BCUT2D eigenvalue weighted by Crippen LogP contribution is -2.12. The van der Waals surface area contributed by atoms with E-state index in [1.165, 1.54) is 0 Å². The Morgan fingerprint density at radius 1 is 1.16 bits per heavy atom. The molecule has 0 aliphatic carbocycles. The fraction of sp³-hybridized carbons (Fsp3) is 0.357. The molecule has 19 heavy (non-hydrogen) atoms. The Balaban J connectivity index is 2.15. The molecule has 0 saturated heterocycles. The third kappa shape index (κ3) is 3.19. The van der Waals surface area contributed by atoms with Crippen molar-refractivity contribution in [2.75, 3.05) is 5.32 Å². The van der Waals surface area contributed by atoms with Gasteiger partial charge in [0.25, 0.3) is 0 Å². The summed E-state index contributed by atoms with van der Waals surface area (Å²) in [4.78, 5) is 12.0. The number of nitrogens with zero attached hydrogens (tertiary/aromatic N) is 2. The summed E-state index contributed by atoms with van der Waals surface area (Å²) in [6.45, 7) is 7.82. The van der Waals surface area contributed by atoms with Gasteiger partial charge in [0, 0.05) is 11.6 Å². The van der Waals surface area contributed by atoms with Gasteiger partial charge < -0.3 is 9.73 Å². The molecule has 2 aromatic rings. The second-order valence-corrected chi connectivity index (χ2v) is 4.93. The Morgan fingerprint density at radius 2 is 1.79 bits per heavy atom. The van der Waals surface area contributed by atoms with Crippen molar-refractivity contribution >= 4 is 11.6 Å². The van der Waals surface area contributed by atoms with Gasteiger partial charge in [0.05, 0.1) is 0 Å². The number of anilines is 1. The first kappa shape index (κ1) is 13.3. The van der Waals surface area contributed by atoms with E-state index in [0.717, 1.165) is 16.8 Å². The molecule has 0 aliphatic heterocycles. The predicted molar refractivity (Wildman–Crippen MR) is 72.3 cm³/mol. The first-order valence-corrected chi connectivity index (χ1v) is 6.19. The number of benzene rings is 1. The van der Waals surface area contributed by atoms with Crippen LogP contribution in [0.5, 0.6) is 0 Å². The minimum Gasteiger partial charge on any atom is -0.417 e. The molecule has 1 N–H and O–H groups in total. The van der Waals surface area contributed by atoms with Gasteiger partial charge in [-0.15, -0.1) is 10.2 Å². The fourth-order valence-corrected chi connectivity index (χ4v) is 1.79. The molecule has 0 aliphatic rings. The highest BCUT2D eigenvalue weighted by Crippen LogP contribution is 2.16. The molecule has 0 atom stereocenters. The van der Waals surface area contributed by atoms with Gasteiger partial charge in [-0.25, -0.2) is 0 Å². The first-order chi connectivity index (χ1) is 8.95. The van der Waals surface area contributed by atoms with Crippen molar-refractivity contribution in [1.82, 2.24) is 10.2 Å². The Labute approximate surface area is 112 Å². The van der Waals surface area contributed by atoms with E-state index in [1.807, 2.05) is 45.9 Å². The van der Waals surface area contributed by atoms with Crippen LogP contribution in [0.4, 0.5) is 5.69 Å². The number of aromatic nitrogens is 2. The monoisotopic (exact) mass is 259 g/mol. The molecule has 0 fully saturated rings. The highest BCUT2D eigenvalue weighted by atomic mass is 16.4. The molecular weight excluding hydrogens is 242 g/mol. The SMILES string of the molecule is Cc1cc(C)cc(NC(=O)c2nnc(C(C)C)o2)c1. The van der Waals surface area contributed by atoms with Crippen molar-refractivity contribution in [2.45, 2.75) is 33.6 Å². The average Bonchev–Trinajstić information content (AvgIpc) is 2.76. The minimum atomic E-state index is -0.385. The maximum Gasteiger partial charge on any atom is 0.313 e. The number of hydrogen-bond acceptors (Lipinski definition) is 4. The largest absolute Gasteiger partial charge is 0.417 e. The van der Waals surface area contributed by atoms with Crippen molar-refractivity contribution < 1.29 is 9.21 Å². The highest BCUT2D eigenvalue weighted by Gasteiger charge is 2.16. The highest BCUT2D eigenvalue weighted by molar-refractivity contribution is 6.00. The lowest BCUT2D eigenvalue weighted by molar-refractivity contribution is 0.0988. The normalized spacial score (nSPS) is 10.8. The number of carbonyl (C=O) groups excluding carboxylic acids is 1. The smallest absolute Gasteiger partial charge is 0.313 e. The third-order valence-corrected chi connectivity index (χ3v) is 2.61. The number of carbonyl (C=O) groups is 1. The molecule has 0 bridgehead atoms. The van der Waals surface area contributed by atoms with Crippen LogP contribution >= 0.6 is 0 Å². The van der Waals surface area contributed by atoms with Gasteiger partial charge in [-0.1, -0.05) is 19.9 Å². The van der Waals surface area contributed by atoms with Gasteiger partial charge in [-0.2, -0.15) is 0 Å². The zero-order valence-corrected chi connectivity index (χ0v) is 11.5. The quantitative estimate of drug-likeness (QED) is 0.919. The third-order valence-electron chi connectivity index (χ3n) is 2.61. The predicted octanol–water partition coefficient (Wildman–Crippen LogP) is 3.06. The van der Waals surface area contributed by atoms with Gasteiger partial charge in [0.2, 0.25) is 5.89 Å². The van der Waals surface area contributed by atoms with E-state index in [4.69, 9.17) is 4.42 Å². The van der Waals surface area contributed by atoms with Crippen molar-refractivity contribution in [2.24, 2.45) is 0 Å². The number of nitrogens with one attached hydrogen (secondary N) is 1. The zero-order valence-electron chi connectivity index (χ0n) is 11.5. The summed E-state index contributed by atoms with van der Waals surface area (Å²) in [7, 11) is 0. The van der Waals surface area contributed by atoms with Crippen molar-refractivity contribution in [3.8, 4) is 0 Å². The topological polar surface area (TPSA) is 68.0 Å². The first-order valence-electron chi connectivity index (χ1n) is 6.19. The van der Waals surface area contributed by atoms with Gasteiger partial charge in [0.1, 0.15) is 0 Å². The summed E-state index contributed by atoms with van der Waals surface area (Å²) < 4.78 is 5.31. The number of rotatable bonds is 3. The van der Waals surface area contributed by atoms with Crippen LogP contribution in [0.1, 0.15) is 47.5 Å². The van der Waals surface area contributed by atoms with Crippen molar-refractivity contribution in [3.05, 3.63) is 41.1 Å². The van der Waals surface area contributed by atoms with E-state index in [9.17, 15) is 4.79 Å². The number of amides is 1. The van der Waals surface area contributed by atoms with E-state index in [2.05, 4.69) is 15.5 Å². The van der Waals surface area contributed by atoms with E-state index < -0.39 is 0 Å². The maximum absolute atomic E-state index is 12.0. The molecule has 5 nitrogen and oxygen atoms in total. The van der Waals surface area contributed by atoms with Crippen LogP contribution in [-0.2, 0) is 0 Å².